The predicted octanol–water partition coefficient (Wildman–Crippen LogP) is 7.74. The number of halogens is 4. The number of nitrogens with two attached hydrogens (primary N) is 1. The molecule has 0 radical (unpaired) electrons. The molecule has 2 N–H and O–H groups in total. The van der Waals surface area contributed by atoms with E-state index in [-0.39, 0.29) is 9.50 Å². The number of piperidine rings is 1. The molecule has 0 bridgehead atoms. The van der Waals surface area contributed by atoms with Gasteiger partial charge in [0.15, 0.2) is 0 Å². The van der Waals surface area contributed by atoms with E-state index in [4.69, 9.17) is 22.8 Å². The zero-order chi connectivity index (χ0) is 24.5. The fourth-order valence-corrected chi connectivity index (χ4v) is 16.7. The van der Waals surface area contributed by atoms with E-state index < -0.39 is 28.3 Å². The van der Waals surface area contributed by atoms with Gasteiger partial charge in [0.05, 0.1) is 0 Å². The molecule has 1 aliphatic heterocycles. The van der Waals surface area contributed by atoms with Crippen LogP contribution in [-0.2, 0) is 16.7 Å². The molecule has 0 amide bonds. The first kappa shape index (κ1) is 24.8. The summed E-state index contributed by atoms with van der Waals surface area (Å²) in [4.78, 5) is 3.08. The van der Waals surface area contributed by atoms with Crippen LogP contribution in [0, 0.1) is 11.6 Å². The second kappa shape index (κ2) is 8.31. The van der Waals surface area contributed by atoms with Crippen LogP contribution >= 0.6 is 29.9 Å². The topological polar surface area (TPSA) is 29.3 Å². The monoisotopic (exact) mass is 556 g/mol. The summed E-state index contributed by atoms with van der Waals surface area (Å²) in [5.74, 6) is -1.36. The first-order valence-electron chi connectivity index (χ1n) is 11.6. The SMILES string of the molecule is CC1=C(C)[C](C)([Ti]([NH2])([Cl])([Cl])=[C](c2c(F)cccc2F)N2CCCCC2)c2c1sc1ccccc21. The normalized spacial score (nSPS) is 21.9. The van der Waals surface area contributed by atoms with Crippen LogP contribution in [0.5, 0.6) is 0 Å². The molecule has 2 heterocycles. The van der Waals surface area contributed by atoms with Crippen LogP contribution in [-0.4, -0.2) is 21.9 Å². The van der Waals surface area contributed by atoms with Crippen molar-refractivity contribution in [2.24, 2.45) is 4.22 Å². The molecule has 5 rings (SSSR count). The molecular formula is C26H28Cl2F2N2STi. The summed E-state index contributed by atoms with van der Waals surface area (Å²) in [5, 5.41) is 1.05. The summed E-state index contributed by atoms with van der Waals surface area (Å²) >= 11 is -3.86. The number of nitrogens with zero attached hydrogens (tertiary/aromatic N) is 1. The molecule has 1 aromatic heterocycles. The second-order valence-electron chi connectivity index (χ2n) is 9.75. The number of allylic oxidation sites excluding steroid dienone is 2. The van der Waals surface area contributed by atoms with E-state index in [0.717, 1.165) is 50.9 Å². The fourth-order valence-electron chi connectivity index (χ4n) is 5.87. The zero-order valence-electron chi connectivity index (χ0n) is 19.5. The predicted molar refractivity (Wildman–Crippen MR) is 139 cm³/mol. The molecule has 8 heteroatoms. The van der Waals surface area contributed by atoms with Crippen molar-refractivity contribution in [2.45, 2.75) is 43.8 Å². The van der Waals surface area contributed by atoms with Crippen molar-refractivity contribution in [3.8, 4) is 0 Å². The molecule has 3 aromatic rings. The van der Waals surface area contributed by atoms with Crippen LogP contribution in [0.2, 0.25) is 0 Å². The Morgan fingerprint density at radius 3 is 2.26 bits per heavy atom. The quantitative estimate of drug-likeness (QED) is 0.334. The van der Waals surface area contributed by atoms with Crippen LogP contribution in [0.25, 0.3) is 15.7 Å². The first-order chi connectivity index (χ1) is 16.0. The Bertz CT molecular complexity index is 1400. The van der Waals surface area contributed by atoms with E-state index in [1.807, 2.05) is 30.9 Å². The second-order valence-corrected chi connectivity index (χ2v) is 23.8. The third-order valence-corrected chi connectivity index (χ3v) is 19.9. The number of hydrogen-bond donors (Lipinski definition) is 1. The van der Waals surface area contributed by atoms with Crippen LogP contribution in [0.1, 0.15) is 56.0 Å². The summed E-state index contributed by atoms with van der Waals surface area (Å²) in [5.41, 5.74) is 2.90. The van der Waals surface area contributed by atoms with Crippen LogP contribution in [0.15, 0.2) is 48.0 Å². The van der Waals surface area contributed by atoms with Crippen molar-refractivity contribution in [2.75, 3.05) is 13.1 Å². The number of likely N-dealkylation sites (tertiary alicyclic amines) is 1. The van der Waals surface area contributed by atoms with Crippen molar-refractivity contribution in [1.29, 1.82) is 0 Å². The molecule has 1 unspecified atom stereocenters. The van der Waals surface area contributed by atoms with Gasteiger partial charge in [-0.05, 0) is 0 Å². The summed E-state index contributed by atoms with van der Waals surface area (Å²) in [6.07, 6.45) is 2.84. The van der Waals surface area contributed by atoms with Crippen molar-refractivity contribution in [1.82, 2.24) is 4.90 Å². The van der Waals surface area contributed by atoms with Crippen molar-refractivity contribution >= 4 is 49.5 Å². The Kier molecular flexibility index (Phi) is 6.05. The van der Waals surface area contributed by atoms with Gasteiger partial charge in [-0.3, -0.25) is 0 Å². The Morgan fingerprint density at radius 1 is 1.00 bits per heavy atom. The van der Waals surface area contributed by atoms with E-state index in [1.165, 1.54) is 18.2 Å². The Balaban J connectivity index is 1.96. The van der Waals surface area contributed by atoms with E-state index in [2.05, 4.69) is 19.1 Å². The van der Waals surface area contributed by atoms with E-state index in [9.17, 15) is 0 Å². The molecule has 2 nitrogen and oxygen atoms in total. The van der Waals surface area contributed by atoms with Crippen LogP contribution in [0.4, 0.5) is 8.78 Å². The van der Waals surface area contributed by atoms with Gasteiger partial charge in [-0.25, -0.2) is 0 Å². The molecule has 2 aromatic carbocycles. The summed E-state index contributed by atoms with van der Waals surface area (Å²) in [7, 11) is 15.3. The van der Waals surface area contributed by atoms with Gasteiger partial charge >= 0.3 is 213 Å². The molecule has 0 spiro atoms. The average Bonchev–Trinajstić information content (AvgIpc) is 3.27. The molecule has 34 heavy (non-hydrogen) atoms. The van der Waals surface area contributed by atoms with Crippen molar-refractivity contribution in [3.05, 3.63) is 75.7 Å². The molecule has 1 aliphatic carbocycles. The summed E-state index contributed by atoms with van der Waals surface area (Å²) in [6.45, 7) is 7.32. The average molecular weight is 557 g/mol. The van der Waals surface area contributed by atoms with Gasteiger partial charge in [-0.15, -0.1) is 0 Å². The Labute approximate surface area is 211 Å². The number of rotatable bonds is 3. The number of benzene rings is 2. The van der Waals surface area contributed by atoms with Crippen molar-refractivity contribution < 1.29 is 21.8 Å². The minimum atomic E-state index is -5.55. The summed E-state index contributed by atoms with van der Waals surface area (Å²) < 4.78 is 38.6. The molecule has 1 saturated heterocycles. The van der Waals surface area contributed by atoms with Gasteiger partial charge in [-0.1, -0.05) is 0 Å². The Hall–Kier alpha value is -0.916. The molecule has 2 aliphatic rings. The van der Waals surface area contributed by atoms with Gasteiger partial charge in [0.1, 0.15) is 0 Å². The van der Waals surface area contributed by atoms with E-state index in [0.29, 0.717) is 13.1 Å². The van der Waals surface area contributed by atoms with Gasteiger partial charge in [0, 0.05) is 0 Å². The van der Waals surface area contributed by atoms with Crippen LogP contribution in [0.3, 0.4) is 0 Å². The molecular weight excluding hydrogens is 529 g/mol. The third-order valence-electron chi connectivity index (χ3n) is 7.97. The van der Waals surface area contributed by atoms with Gasteiger partial charge in [0.2, 0.25) is 0 Å². The maximum absolute atomic E-state index is 15.4. The molecule has 180 valence electrons. The van der Waals surface area contributed by atoms with Crippen LogP contribution < -0.4 is 4.22 Å². The van der Waals surface area contributed by atoms with Crippen molar-refractivity contribution in [3.63, 3.8) is 0 Å². The maximum atomic E-state index is 15.4. The van der Waals surface area contributed by atoms with E-state index in [1.54, 1.807) is 11.3 Å². The van der Waals surface area contributed by atoms with Gasteiger partial charge in [0.25, 0.3) is 0 Å². The van der Waals surface area contributed by atoms with E-state index >= 15 is 8.78 Å². The van der Waals surface area contributed by atoms with Gasteiger partial charge < -0.3 is 0 Å². The number of hydrogen-bond acceptors (Lipinski definition) is 3. The number of thiophene rings is 1. The van der Waals surface area contributed by atoms with Gasteiger partial charge in [-0.2, -0.15) is 0 Å². The third kappa shape index (κ3) is 3.32. The Morgan fingerprint density at radius 2 is 1.62 bits per heavy atom. The zero-order valence-corrected chi connectivity index (χ0v) is 23.4. The standard InChI is InChI=1S/C14H13S.C12H13F2N.2ClH.H2N.Ti/c1-8-9(2)13-11-6-4-5-7-12(11)15-14(13)10(8)3;13-11-5-4-6-12(14)10(11)9-15-7-2-1-3-8-15;;;;/h4-7H,1-3H3;4-6H,1-3,7-8H2;2*1H;1H2;/q;;;;-1;+3/p-2. The first-order valence-corrected chi connectivity index (χ1v) is 19.2. The molecule has 1 atom stereocenters. The minimum absolute atomic E-state index is 0.173. The molecule has 1 fully saturated rings. The number of fused-ring (bicyclic) bond motifs is 3. The molecule has 0 saturated carbocycles. The fraction of sp³-hybridized carbons (Fsp3) is 0.346. The summed E-state index contributed by atoms with van der Waals surface area (Å²) in [6, 6.07) is 12.0.